The highest BCUT2D eigenvalue weighted by Crippen LogP contribution is 2.30. The molecule has 0 aliphatic carbocycles. The summed E-state index contributed by atoms with van der Waals surface area (Å²) in [7, 11) is -3.66. The van der Waals surface area contributed by atoms with E-state index in [1.54, 1.807) is 0 Å². The molecule has 1 aromatic rings. The van der Waals surface area contributed by atoms with Gasteiger partial charge in [0.15, 0.2) is 15.9 Å². The average molecular weight is 367 g/mol. The van der Waals surface area contributed by atoms with E-state index in [4.69, 9.17) is 4.74 Å². The highest BCUT2D eigenvalue weighted by molar-refractivity contribution is 7.90. The van der Waals surface area contributed by atoms with Crippen LogP contribution in [-0.2, 0) is 9.84 Å². The summed E-state index contributed by atoms with van der Waals surface area (Å²) in [6.45, 7) is 0.832. The van der Waals surface area contributed by atoms with Crippen LogP contribution in [0, 0.1) is 0 Å². The molecule has 1 N–H and O–H groups in total. The predicted molar refractivity (Wildman–Crippen MR) is 77.6 cm³/mol. The van der Waals surface area contributed by atoms with Gasteiger partial charge in [-0.15, -0.1) is 0 Å². The first-order valence-electron chi connectivity index (χ1n) is 6.94. The largest absolute Gasteiger partial charge is 0.480 e. The summed E-state index contributed by atoms with van der Waals surface area (Å²) >= 11 is 0. The number of benzene rings is 1. The Hall–Kier alpha value is -1.81. The fourth-order valence-corrected chi connectivity index (χ4v) is 2.71. The van der Waals surface area contributed by atoms with Gasteiger partial charge < -0.3 is 14.7 Å². The third-order valence-corrected chi connectivity index (χ3v) is 4.63. The number of carbonyl (C=O) groups excluding carboxylic acids is 1. The number of amides is 1. The molecule has 2 rings (SSSR count). The Balaban J connectivity index is 2.40. The zero-order chi connectivity index (χ0) is 18.3. The number of aliphatic hydroxyl groups is 1. The summed E-state index contributed by atoms with van der Waals surface area (Å²) in [6, 6.07) is 3.10. The molecule has 1 saturated heterocycles. The molecule has 6 nitrogen and oxygen atoms in total. The van der Waals surface area contributed by atoms with Gasteiger partial charge in [-0.3, -0.25) is 4.79 Å². The van der Waals surface area contributed by atoms with Gasteiger partial charge in [-0.05, 0) is 25.1 Å². The van der Waals surface area contributed by atoms with Crippen LogP contribution in [-0.4, -0.2) is 62.1 Å². The van der Waals surface area contributed by atoms with Crippen LogP contribution in [0.15, 0.2) is 23.1 Å². The molecule has 1 aliphatic rings. The van der Waals surface area contributed by atoms with Gasteiger partial charge in [-0.25, -0.2) is 8.42 Å². The summed E-state index contributed by atoms with van der Waals surface area (Å²) in [6.07, 6.45) is -6.59. The van der Waals surface area contributed by atoms with Gasteiger partial charge in [0.05, 0.1) is 16.6 Å². The molecular formula is C14H16F3NO5S. The molecule has 0 unspecified atom stereocenters. The van der Waals surface area contributed by atoms with Crippen LogP contribution in [0.1, 0.15) is 17.3 Å². The van der Waals surface area contributed by atoms with E-state index in [-0.39, 0.29) is 29.3 Å². The Kier molecular flexibility index (Phi) is 4.82. The summed E-state index contributed by atoms with van der Waals surface area (Å²) in [5.41, 5.74) is -0.291. The molecular weight excluding hydrogens is 351 g/mol. The van der Waals surface area contributed by atoms with Crippen LogP contribution in [0.5, 0.6) is 5.75 Å². The number of ether oxygens (including phenoxy) is 1. The van der Waals surface area contributed by atoms with Gasteiger partial charge in [0.2, 0.25) is 0 Å². The monoisotopic (exact) mass is 367 g/mol. The second-order valence-electron chi connectivity index (χ2n) is 5.60. The van der Waals surface area contributed by atoms with E-state index in [9.17, 15) is 31.5 Å². The maximum atomic E-state index is 12.7. The number of rotatable bonds is 4. The molecule has 0 aromatic heterocycles. The third-order valence-electron chi connectivity index (χ3n) is 3.52. The van der Waals surface area contributed by atoms with E-state index < -0.39 is 34.1 Å². The van der Waals surface area contributed by atoms with Crippen molar-refractivity contribution in [1.29, 1.82) is 0 Å². The number of alkyl halides is 3. The van der Waals surface area contributed by atoms with E-state index >= 15 is 0 Å². The predicted octanol–water partition coefficient (Wildman–Crippen LogP) is 1.24. The Bertz CT molecular complexity index is 741. The number of halogens is 3. The summed E-state index contributed by atoms with van der Waals surface area (Å²) in [5.74, 6) is -1.06. The van der Waals surface area contributed by atoms with Crippen LogP contribution in [0.4, 0.5) is 13.2 Å². The first-order valence-corrected chi connectivity index (χ1v) is 8.83. The lowest BCUT2D eigenvalue weighted by Gasteiger charge is -2.36. The Morgan fingerprint density at radius 3 is 2.42 bits per heavy atom. The van der Waals surface area contributed by atoms with Crippen molar-refractivity contribution >= 4 is 15.7 Å². The molecule has 1 fully saturated rings. The van der Waals surface area contributed by atoms with Crippen LogP contribution in [0.3, 0.4) is 0 Å². The Labute approximate surface area is 136 Å². The molecule has 1 aromatic carbocycles. The molecule has 0 radical (unpaired) electrons. The second-order valence-corrected chi connectivity index (χ2v) is 7.61. The van der Waals surface area contributed by atoms with Crippen LogP contribution >= 0.6 is 0 Å². The van der Waals surface area contributed by atoms with Crippen LogP contribution in [0.2, 0.25) is 0 Å². The number of hydrogen-bond donors (Lipinski definition) is 1. The highest BCUT2D eigenvalue weighted by atomic mass is 32.2. The van der Waals surface area contributed by atoms with Gasteiger partial charge in [0, 0.05) is 19.3 Å². The number of nitrogens with zero attached hydrogens (tertiary/aromatic N) is 1. The SMILES string of the molecule is C[C@H](Oc1ccc(S(C)(=O)=O)cc1C(=O)N1CC(O)C1)C(F)(F)F. The zero-order valence-electron chi connectivity index (χ0n) is 12.9. The van der Waals surface area contributed by atoms with E-state index in [2.05, 4.69) is 0 Å². The van der Waals surface area contributed by atoms with Crippen LogP contribution in [0.25, 0.3) is 0 Å². The number of hydrogen-bond acceptors (Lipinski definition) is 5. The lowest BCUT2D eigenvalue weighted by Crippen LogP contribution is -2.53. The molecule has 0 saturated carbocycles. The molecule has 10 heteroatoms. The maximum Gasteiger partial charge on any atom is 0.425 e. The summed E-state index contributed by atoms with van der Waals surface area (Å²) < 4.78 is 66.1. The number of aliphatic hydroxyl groups excluding tert-OH is 1. The number of likely N-dealkylation sites (tertiary alicyclic amines) is 1. The van der Waals surface area contributed by atoms with Gasteiger partial charge in [0.25, 0.3) is 5.91 Å². The number of β-amino-alcohol motifs (C(OH)–C–C–N with tert-alkyl or cyclic N) is 1. The van der Waals surface area contributed by atoms with E-state index in [0.717, 1.165) is 31.4 Å². The molecule has 0 spiro atoms. The van der Waals surface area contributed by atoms with Crippen molar-refractivity contribution in [2.24, 2.45) is 0 Å². The summed E-state index contributed by atoms with van der Waals surface area (Å²) in [5, 5.41) is 9.25. The van der Waals surface area contributed by atoms with Crippen molar-refractivity contribution in [2.75, 3.05) is 19.3 Å². The van der Waals surface area contributed by atoms with Crippen molar-refractivity contribution in [2.45, 2.75) is 30.2 Å². The van der Waals surface area contributed by atoms with Gasteiger partial charge in [-0.2, -0.15) is 13.2 Å². The van der Waals surface area contributed by atoms with Crippen molar-refractivity contribution in [3.8, 4) is 5.75 Å². The quantitative estimate of drug-likeness (QED) is 0.866. The summed E-state index contributed by atoms with van der Waals surface area (Å²) in [4.78, 5) is 13.3. The Morgan fingerprint density at radius 1 is 1.38 bits per heavy atom. The van der Waals surface area contributed by atoms with Crippen molar-refractivity contribution < 1.29 is 36.2 Å². The molecule has 1 heterocycles. The standard InChI is InChI=1S/C14H16F3NO5S/c1-8(14(15,16)17)23-12-4-3-10(24(2,21)22)5-11(12)13(20)18-6-9(19)7-18/h3-5,8-9,19H,6-7H2,1-2H3/t8-/m0/s1. The Morgan fingerprint density at radius 2 is 1.96 bits per heavy atom. The average Bonchev–Trinajstić information content (AvgIpc) is 2.41. The van der Waals surface area contributed by atoms with Crippen molar-refractivity contribution in [3.63, 3.8) is 0 Å². The fourth-order valence-electron chi connectivity index (χ4n) is 2.06. The zero-order valence-corrected chi connectivity index (χ0v) is 13.7. The highest BCUT2D eigenvalue weighted by Gasteiger charge is 2.39. The molecule has 1 aliphatic heterocycles. The molecule has 0 bridgehead atoms. The van der Waals surface area contributed by atoms with Crippen LogP contribution < -0.4 is 4.74 Å². The molecule has 1 amide bonds. The minimum atomic E-state index is -4.64. The number of sulfone groups is 1. The fraction of sp³-hybridized carbons (Fsp3) is 0.500. The lowest BCUT2D eigenvalue weighted by molar-refractivity contribution is -0.189. The van der Waals surface area contributed by atoms with Crippen molar-refractivity contribution in [3.05, 3.63) is 23.8 Å². The number of carbonyl (C=O) groups is 1. The normalized spacial score (nSPS) is 17.3. The second kappa shape index (κ2) is 6.25. The van der Waals surface area contributed by atoms with E-state index in [1.807, 2.05) is 0 Å². The maximum absolute atomic E-state index is 12.7. The molecule has 24 heavy (non-hydrogen) atoms. The first-order chi connectivity index (χ1) is 10.9. The van der Waals surface area contributed by atoms with Gasteiger partial charge >= 0.3 is 6.18 Å². The molecule has 1 atom stereocenters. The smallest absolute Gasteiger partial charge is 0.425 e. The molecule has 134 valence electrons. The topological polar surface area (TPSA) is 83.9 Å². The van der Waals surface area contributed by atoms with E-state index in [1.165, 1.54) is 4.90 Å². The van der Waals surface area contributed by atoms with Gasteiger partial charge in [-0.1, -0.05) is 0 Å². The lowest BCUT2D eigenvalue weighted by atomic mass is 10.1. The minimum Gasteiger partial charge on any atom is -0.480 e. The third kappa shape index (κ3) is 3.99. The van der Waals surface area contributed by atoms with E-state index in [0.29, 0.717) is 0 Å². The van der Waals surface area contributed by atoms with Gasteiger partial charge in [0.1, 0.15) is 5.75 Å². The van der Waals surface area contributed by atoms with Crippen molar-refractivity contribution in [1.82, 2.24) is 4.90 Å². The first kappa shape index (κ1) is 18.5. The minimum absolute atomic E-state index is 0.0240.